The molecule has 0 bridgehead atoms. The van der Waals surface area contributed by atoms with E-state index in [9.17, 15) is 14.4 Å². The van der Waals surface area contributed by atoms with Crippen LogP contribution in [0.5, 0.6) is 0 Å². The van der Waals surface area contributed by atoms with E-state index in [1.807, 2.05) is 0 Å². The smallest absolute Gasteiger partial charge is 0.306 e. The van der Waals surface area contributed by atoms with Crippen LogP contribution in [0.3, 0.4) is 0 Å². The maximum Gasteiger partial charge on any atom is 0.306 e. The van der Waals surface area contributed by atoms with Gasteiger partial charge in [0.15, 0.2) is 6.10 Å². The second kappa shape index (κ2) is 61.9. The van der Waals surface area contributed by atoms with Gasteiger partial charge in [-0.15, -0.1) is 0 Å². The molecule has 0 aliphatic heterocycles. The number of hydrogen-bond acceptors (Lipinski definition) is 6. The van der Waals surface area contributed by atoms with E-state index in [2.05, 4.69) is 118 Å². The molecule has 0 saturated heterocycles. The molecule has 0 rings (SSSR count). The number of hydrogen-bond donors (Lipinski definition) is 0. The minimum atomic E-state index is -0.779. The molecule has 0 aromatic rings. The molecule has 1 atom stereocenters. The SMILES string of the molecule is CC/C=C\C/C=C\C/C=C\C/C=C\C/C=C\C/C=C\C/C=C\C/C=C\CCCCCCCCC(=O)OCC(COC(=O)CCCCCCCC)OC(=O)CCCCCCCCCCCCCCCCCCCCC. The van der Waals surface area contributed by atoms with Crippen LogP contribution in [0.25, 0.3) is 0 Å². The number of carbonyl (C=O) groups is 3. The first-order valence-electron chi connectivity index (χ1n) is 31.2. The Balaban J connectivity index is 4.14. The normalized spacial score (nSPS) is 12.7. The van der Waals surface area contributed by atoms with Crippen LogP contribution in [0.1, 0.15) is 297 Å². The maximum atomic E-state index is 12.8. The van der Waals surface area contributed by atoms with Crippen LogP contribution in [0.2, 0.25) is 0 Å². The van der Waals surface area contributed by atoms with Gasteiger partial charge in [0.05, 0.1) is 0 Å². The van der Waals surface area contributed by atoms with Crippen LogP contribution >= 0.6 is 0 Å². The lowest BCUT2D eigenvalue weighted by Crippen LogP contribution is -2.30. The second-order valence-corrected chi connectivity index (χ2v) is 20.6. The minimum absolute atomic E-state index is 0.0795. The van der Waals surface area contributed by atoms with Crippen molar-refractivity contribution >= 4 is 17.9 Å². The summed E-state index contributed by atoms with van der Waals surface area (Å²) in [4.78, 5) is 38.0. The van der Waals surface area contributed by atoms with Crippen molar-refractivity contribution < 1.29 is 28.6 Å². The highest BCUT2D eigenvalue weighted by molar-refractivity contribution is 5.71. The lowest BCUT2D eigenvalue weighted by molar-refractivity contribution is -0.167. The van der Waals surface area contributed by atoms with Gasteiger partial charge in [-0.1, -0.05) is 291 Å². The van der Waals surface area contributed by atoms with Gasteiger partial charge in [0.2, 0.25) is 0 Å². The van der Waals surface area contributed by atoms with Gasteiger partial charge < -0.3 is 14.2 Å². The number of esters is 3. The van der Waals surface area contributed by atoms with E-state index in [0.29, 0.717) is 19.3 Å². The summed E-state index contributed by atoms with van der Waals surface area (Å²) in [7, 11) is 0. The Labute approximate surface area is 457 Å². The molecule has 0 N–H and O–H groups in total. The van der Waals surface area contributed by atoms with Gasteiger partial charge in [-0.05, 0) is 83.5 Å². The molecule has 0 aromatic carbocycles. The zero-order chi connectivity index (χ0) is 53.6. The molecular weight excluding hydrogens is 913 g/mol. The van der Waals surface area contributed by atoms with Crippen LogP contribution in [-0.4, -0.2) is 37.2 Å². The Hall–Kier alpha value is -3.67. The van der Waals surface area contributed by atoms with Gasteiger partial charge in [0.1, 0.15) is 13.2 Å². The van der Waals surface area contributed by atoms with Crippen LogP contribution in [0.15, 0.2) is 97.2 Å². The van der Waals surface area contributed by atoms with Gasteiger partial charge >= 0.3 is 17.9 Å². The average molecular weight is 1030 g/mol. The Morgan fingerprint density at radius 1 is 0.284 bits per heavy atom. The predicted octanol–water partition coefficient (Wildman–Crippen LogP) is 21.3. The van der Waals surface area contributed by atoms with E-state index in [1.165, 1.54) is 135 Å². The third kappa shape index (κ3) is 59.2. The summed E-state index contributed by atoms with van der Waals surface area (Å²) >= 11 is 0. The van der Waals surface area contributed by atoms with Crippen molar-refractivity contribution in [3.8, 4) is 0 Å². The quantitative estimate of drug-likeness (QED) is 0.0261. The van der Waals surface area contributed by atoms with Crippen molar-refractivity contribution in [2.45, 2.75) is 303 Å². The number of rotatable bonds is 56. The van der Waals surface area contributed by atoms with Crippen LogP contribution in [0.4, 0.5) is 0 Å². The van der Waals surface area contributed by atoms with E-state index >= 15 is 0 Å². The Morgan fingerprint density at radius 2 is 0.527 bits per heavy atom. The summed E-state index contributed by atoms with van der Waals surface area (Å²) in [5.41, 5.74) is 0. The van der Waals surface area contributed by atoms with Crippen molar-refractivity contribution in [2.24, 2.45) is 0 Å². The monoisotopic (exact) mass is 1030 g/mol. The highest BCUT2D eigenvalue weighted by atomic mass is 16.6. The van der Waals surface area contributed by atoms with Crippen molar-refractivity contribution in [3.05, 3.63) is 97.2 Å². The van der Waals surface area contributed by atoms with Crippen LogP contribution < -0.4 is 0 Å². The molecule has 0 aromatic heterocycles. The summed E-state index contributed by atoms with van der Waals surface area (Å²) < 4.78 is 16.8. The standard InChI is InChI=1S/C68H116O6/c1-4-7-10-13-16-18-20-22-24-26-28-29-30-31-32-33-34-35-36-37-38-39-41-42-44-46-48-50-52-55-58-61-67(70)73-64-65(63-72-66(69)60-57-54-15-12-9-6-3)74-68(71)62-59-56-53-51-49-47-45-43-40-27-25-23-21-19-17-14-11-8-5-2/h7,10,16,18,22,24,28-29,31-32,34-35,37-38,41-42,65H,4-6,8-9,11-15,17,19-21,23,25-27,30,33,36,39-40,43-64H2,1-3H3/b10-7-,18-16-,24-22-,29-28-,32-31-,35-34-,38-37-,42-41-. The molecule has 6 heteroatoms. The summed E-state index contributed by atoms with van der Waals surface area (Å²) in [6.07, 6.45) is 83.0. The zero-order valence-electron chi connectivity index (χ0n) is 48.6. The van der Waals surface area contributed by atoms with Gasteiger partial charge in [0, 0.05) is 19.3 Å². The first kappa shape index (κ1) is 70.3. The van der Waals surface area contributed by atoms with Gasteiger partial charge in [-0.2, -0.15) is 0 Å². The van der Waals surface area contributed by atoms with Crippen molar-refractivity contribution in [3.63, 3.8) is 0 Å². The molecule has 0 radical (unpaired) electrons. The second-order valence-electron chi connectivity index (χ2n) is 20.6. The first-order valence-corrected chi connectivity index (χ1v) is 31.2. The lowest BCUT2D eigenvalue weighted by atomic mass is 10.0. The molecule has 0 aliphatic rings. The predicted molar refractivity (Wildman–Crippen MR) is 320 cm³/mol. The van der Waals surface area contributed by atoms with Gasteiger partial charge in [0.25, 0.3) is 0 Å². The molecule has 0 heterocycles. The van der Waals surface area contributed by atoms with Gasteiger partial charge in [-0.25, -0.2) is 0 Å². The molecule has 1 unspecified atom stereocenters. The Kier molecular flexibility index (Phi) is 58.8. The fourth-order valence-corrected chi connectivity index (χ4v) is 8.69. The molecular formula is C68H116O6. The van der Waals surface area contributed by atoms with Gasteiger partial charge in [-0.3, -0.25) is 14.4 Å². The summed E-state index contributed by atoms with van der Waals surface area (Å²) in [5.74, 6) is -0.895. The fourth-order valence-electron chi connectivity index (χ4n) is 8.69. The molecule has 6 nitrogen and oxygen atoms in total. The Bertz CT molecular complexity index is 1460. The minimum Gasteiger partial charge on any atom is -0.462 e. The largest absolute Gasteiger partial charge is 0.462 e. The van der Waals surface area contributed by atoms with Crippen molar-refractivity contribution in [1.82, 2.24) is 0 Å². The van der Waals surface area contributed by atoms with E-state index < -0.39 is 6.10 Å². The summed E-state index contributed by atoms with van der Waals surface area (Å²) in [6.45, 7) is 6.48. The number of carbonyl (C=O) groups excluding carboxylic acids is 3. The highest BCUT2D eigenvalue weighted by Gasteiger charge is 2.19. The molecule has 74 heavy (non-hydrogen) atoms. The van der Waals surface area contributed by atoms with E-state index in [-0.39, 0.29) is 31.1 Å². The first-order chi connectivity index (χ1) is 36.5. The third-order valence-corrected chi connectivity index (χ3v) is 13.4. The zero-order valence-corrected chi connectivity index (χ0v) is 48.6. The highest BCUT2D eigenvalue weighted by Crippen LogP contribution is 2.16. The number of ether oxygens (including phenoxy) is 3. The van der Waals surface area contributed by atoms with Crippen LogP contribution in [0, 0.1) is 0 Å². The topological polar surface area (TPSA) is 78.9 Å². The van der Waals surface area contributed by atoms with E-state index in [0.717, 1.165) is 122 Å². The van der Waals surface area contributed by atoms with E-state index in [1.54, 1.807) is 0 Å². The third-order valence-electron chi connectivity index (χ3n) is 13.4. The summed E-state index contributed by atoms with van der Waals surface area (Å²) in [5, 5.41) is 0. The molecule has 0 fully saturated rings. The average Bonchev–Trinajstić information content (AvgIpc) is 3.40. The number of allylic oxidation sites excluding steroid dienone is 16. The molecule has 424 valence electrons. The maximum absolute atomic E-state index is 12.8. The number of unbranched alkanes of at least 4 members (excludes halogenated alkanes) is 29. The van der Waals surface area contributed by atoms with E-state index in [4.69, 9.17) is 14.2 Å². The molecule has 0 aliphatic carbocycles. The van der Waals surface area contributed by atoms with Crippen molar-refractivity contribution in [1.29, 1.82) is 0 Å². The van der Waals surface area contributed by atoms with Crippen LogP contribution in [-0.2, 0) is 28.6 Å². The molecule has 0 saturated carbocycles. The summed E-state index contributed by atoms with van der Waals surface area (Å²) in [6, 6.07) is 0. The molecule has 0 spiro atoms. The Morgan fingerprint density at radius 3 is 0.824 bits per heavy atom. The lowest BCUT2D eigenvalue weighted by Gasteiger charge is -2.18. The molecule has 0 amide bonds. The fraction of sp³-hybridized carbons (Fsp3) is 0.721. The van der Waals surface area contributed by atoms with Crippen molar-refractivity contribution in [2.75, 3.05) is 13.2 Å².